The fraction of sp³-hybridized carbons (Fsp3) is 0.207. The lowest BCUT2D eigenvalue weighted by molar-refractivity contribution is -0.133. The first kappa shape index (κ1) is 28.7. The van der Waals surface area contributed by atoms with Gasteiger partial charge in [-0.2, -0.15) is 0 Å². The number of amides is 2. The Bertz CT molecular complexity index is 1460. The predicted octanol–water partition coefficient (Wildman–Crippen LogP) is 5.74. The molecule has 0 bridgehead atoms. The SMILES string of the molecule is CC1=C(C(=O)O)C(CCC(NCC(=O)c2ccc(Oc3ccc(F)cc3F)cc2)c2cccc(Cl)c2)NC(=O)N1. The largest absolute Gasteiger partial charge is 0.478 e. The first-order chi connectivity index (χ1) is 19.1. The van der Waals surface area contributed by atoms with E-state index in [0.29, 0.717) is 23.1 Å². The van der Waals surface area contributed by atoms with Crippen molar-refractivity contribution in [1.29, 1.82) is 0 Å². The molecule has 3 aromatic rings. The molecular weight excluding hydrogens is 544 g/mol. The molecule has 2 unspecified atom stereocenters. The minimum absolute atomic E-state index is 0.0524. The van der Waals surface area contributed by atoms with Crippen LogP contribution in [0, 0.1) is 11.6 Å². The lowest BCUT2D eigenvalue weighted by Gasteiger charge is -2.28. The number of carboxylic acids is 1. The van der Waals surface area contributed by atoms with Crippen molar-refractivity contribution in [3.05, 3.63) is 106 Å². The van der Waals surface area contributed by atoms with Crippen LogP contribution in [0.25, 0.3) is 0 Å². The zero-order valence-electron chi connectivity index (χ0n) is 21.3. The number of rotatable bonds is 11. The molecule has 1 aliphatic heterocycles. The molecule has 2 amide bonds. The Balaban J connectivity index is 1.43. The molecule has 0 fully saturated rings. The number of carboxylic acid groups (broad SMARTS) is 1. The first-order valence-corrected chi connectivity index (χ1v) is 12.7. The number of ether oxygens (including phenoxy) is 1. The molecule has 0 aromatic heterocycles. The van der Waals surface area contributed by atoms with E-state index in [0.717, 1.165) is 11.6 Å². The van der Waals surface area contributed by atoms with Crippen LogP contribution >= 0.6 is 11.6 Å². The second kappa shape index (κ2) is 12.7. The molecule has 208 valence electrons. The fourth-order valence-electron chi connectivity index (χ4n) is 4.45. The molecule has 2 atom stereocenters. The summed E-state index contributed by atoms with van der Waals surface area (Å²) in [6, 6.07) is 14.6. The fourth-order valence-corrected chi connectivity index (χ4v) is 4.65. The van der Waals surface area contributed by atoms with Crippen molar-refractivity contribution in [1.82, 2.24) is 16.0 Å². The number of hydrogen-bond acceptors (Lipinski definition) is 5. The Morgan fingerprint density at radius 1 is 1.10 bits per heavy atom. The van der Waals surface area contributed by atoms with E-state index >= 15 is 0 Å². The van der Waals surface area contributed by atoms with Crippen LogP contribution in [0.1, 0.15) is 41.7 Å². The molecule has 11 heteroatoms. The number of carbonyl (C=O) groups excluding carboxylic acids is 2. The molecule has 40 heavy (non-hydrogen) atoms. The van der Waals surface area contributed by atoms with Gasteiger partial charge in [0.2, 0.25) is 0 Å². The van der Waals surface area contributed by atoms with E-state index < -0.39 is 29.7 Å². The van der Waals surface area contributed by atoms with Gasteiger partial charge in [0.15, 0.2) is 17.3 Å². The summed E-state index contributed by atoms with van der Waals surface area (Å²) in [4.78, 5) is 36.7. The second-order valence-electron chi connectivity index (χ2n) is 9.19. The minimum atomic E-state index is -1.13. The molecule has 0 saturated carbocycles. The first-order valence-electron chi connectivity index (χ1n) is 12.4. The molecule has 0 saturated heterocycles. The number of hydrogen-bond donors (Lipinski definition) is 4. The van der Waals surface area contributed by atoms with E-state index in [1.54, 1.807) is 18.2 Å². The van der Waals surface area contributed by atoms with E-state index in [2.05, 4.69) is 16.0 Å². The molecular formula is C29H26ClF2N3O5. The summed E-state index contributed by atoms with van der Waals surface area (Å²) in [7, 11) is 0. The maximum atomic E-state index is 13.9. The van der Waals surface area contributed by atoms with Gasteiger partial charge >= 0.3 is 12.0 Å². The Hall–Kier alpha value is -4.28. The van der Waals surface area contributed by atoms with Gasteiger partial charge in [0.1, 0.15) is 11.6 Å². The highest BCUT2D eigenvalue weighted by Crippen LogP contribution is 2.27. The molecule has 4 N–H and O–H groups in total. The van der Waals surface area contributed by atoms with Crippen molar-refractivity contribution in [2.24, 2.45) is 0 Å². The zero-order chi connectivity index (χ0) is 28.8. The Morgan fingerprint density at radius 3 is 2.52 bits per heavy atom. The molecule has 0 radical (unpaired) electrons. The zero-order valence-corrected chi connectivity index (χ0v) is 22.1. The lowest BCUT2D eigenvalue weighted by atomic mass is 9.93. The summed E-state index contributed by atoms with van der Waals surface area (Å²) in [5, 5.41) is 18.5. The average molecular weight is 570 g/mol. The van der Waals surface area contributed by atoms with E-state index in [1.165, 1.54) is 37.3 Å². The number of carbonyl (C=O) groups is 3. The van der Waals surface area contributed by atoms with Crippen molar-refractivity contribution in [3.8, 4) is 11.5 Å². The van der Waals surface area contributed by atoms with E-state index in [1.807, 2.05) is 6.07 Å². The summed E-state index contributed by atoms with van der Waals surface area (Å²) >= 11 is 6.19. The number of Topliss-reactive ketones (excluding diaryl/α,β-unsaturated/α-hetero) is 1. The van der Waals surface area contributed by atoms with Crippen molar-refractivity contribution in [2.45, 2.75) is 31.8 Å². The Morgan fingerprint density at radius 2 is 1.85 bits per heavy atom. The smallest absolute Gasteiger partial charge is 0.335 e. The average Bonchev–Trinajstić information content (AvgIpc) is 2.90. The van der Waals surface area contributed by atoms with Crippen LogP contribution in [0.2, 0.25) is 5.02 Å². The molecule has 3 aromatic carbocycles. The van der Waals surface area contributed by atoms with Crippen LogP contribution in [0.5, 0.6) is 11.5 Å². The topological polar surface area (TPSA) is 117 Å². The number of ketones is 1. The van der Waals surface area contributed by atoms with Gasteiger partial charge in [-0.15, -0.1) is 0 Å². The van der Waals surface area contributed by atoms with E-state index in [-0.39, 0.29) is 47.6 Å². The number of benzene rings is 3. The highest BCUT2D eigenvalue weighted by atomic mass is 35.5. The number of allylic oxidation sites excluding steroid dienone is 1. The van der Waals surface area contributed by atoms with Crippen molar-refractivity contribution >= 4 is 29.4 Å². The monoisotopic (exact) mass is 569 g/mol. The number of nitrogens with one attached hydrogen (secondary N) is 3. The molecule has 0 spiro atoms. The van der Waals surface area contributed by atoms with Crippen LogP contribution in [0.4, 0.5) is 13.6 Å². The molecule has 4 rings (SSSR count). The van der Waals surface area contributed by atoms with Gasteiger partial charge in [0.05, 0.1) is 18.2 Å². The second-order valence-corrected chi connectivity index (χ2v) is 9.62. The molecule has 1 aliphatic rings. The standard InChI is InChI=1S/C29H26ClF2N3O5/c1-16-27(28(37)38)24(35-29(39)34-16)11-10-23(18-3-2-4-19(30)13-18)33-15-25(36)17-5-8-21(9-6-17)40-26-12-7-20(31)14-22(26)32/h2-9,12-14,23-24,33H,10-11,15H2,1H3,(H,37,38)(H2,34,35,39). The highest BCUT2D eigenvalue weighted by molar-refractivity contribution is 6.30. The van der Waals surface area contributed by atoms with Crippen LogP contribution in [0.15, 0.2) is 78.0 Å². The van der Waals surface area contributed by atoms with Gasteiger partial charge in [-0.25, -0.2) is 18.4 Å². The van der Waals surface area contributed by atoms with Crippen LogP contribution in [-0.2, 0) is 4.79 Å². The lowest BCUT2D eigenvalue weighted by Crippen LogP contribution is -2.49. The molecule has 0 aliphatic carbocycles. The van der Waals surface area contributed by atoms with Crippen molar-refractivity contribution < 1.29 is 33.0 Å². The van der Waals surface area contributed by atoms with Crippen LogP contribution in [0.3, 0.4) is 0 Å². The van der Waals surface area contributed by atoms with Gasteiger partial charge in [0.25, 0.3) is 0 Å². The molecule has 1 heterocycles. The van der Waals surface area contributed by atoms with Gasteiger partial charge in [-0.05, 0) is 73.9 Å². The number of urea groups is 1. The maximum Gasteiger partial charge on any atom is 0.335 e. The Labute approximate surface area is 234 Å². The Kier molecular flexibility index (Phi) is 9.13. The third-order valence-corrected chi connectivity index (χ3v) is 6.63. The third kappa shape index (κ3) is 7.22. The predicted molar refractivity (Wildman–Crippen MR) is 144 cm³/mol. The summed E-state index contributed by atoms with van der Waals surface area (Å²) < 4.78 is 32.4. The highest BCUT2D eigenvalue weighted by Gasteiger charge is 2.30. The van der Waals surface area contributed by atoms with Gasteiger partial charge in [0, 0.05) is 28.4 Å². The van der Waals surface area contributed by atoms with Crippen LogP contribution < -0.4 is 20.7 Å². The van der Waals surface area contributed by atoms with E-state index in [4.69, 9.17) is 16.3 Å². The normalized spacial score (nSPS) is 15.7. The van der Waals surface area contributed by atoms with Gasteiger partial charge < -0.3 is 25.8 Å². The summed E-state index contributed by atoms with van der Waals surface area (Å²) in [6.07, 6.45) is 0.676. The quantitative estimate of drug-likeness (QED) is 0.219. The summed E-state index contributed by atoms with van der Waals surface area (Å²) in [5.41, 5.74) is 1.52. The van der Waals surface area contributed by atoms with E-state index in [9.17, 15) is 28.3 Å². The maximum absolute atomic E-state index is 13.9. The van der Waals surface area contributed by atoms with Crippen molar-refractivity contribution in [2.75, 3.05) is 6.54 Å². The summed E-state index contributed by atoms with van der Waals surface area (Å²) in [6.45, 7) is 1.48. The number of aliphatic carboxylic acids is 1. The minimum Gasteiger partial charge on any atom is -0.478 e. The van der Waals surface area contributed by atoms with Crippen molar-refractivity contribution in [3.63, 3.8) is 0 Å². The van der Waals surface area contributed by atoms with Gasteiger partial charge in [-0.1, -0.05) is 23.7 Å². The molecule has 8 nitrogen and oxygen atoms in total. The summed E-state index contributed by atoms with van der Waals surface area (Å²) in [5.74, 6) is -2.80. The van der Waals surface area contributed by atoms with Gasteiger partial charge in [-0.3, -0.25) is 4.79 Å². The third-order valence-electron chi connectivity index (χ3n) is 6.39. The number of halogens is 3. The van der Waals surface area contributed by atoms with Crippen LogP contribution in [-0.4, -0.2) is 35.5 Å².